The molecule has 0 aromatic carbocycles. The van der Waals surface area contributed by atoms with E-state index < -0.39 is 0 Å². The molecule has 96 valence electrons. The Morgan fingerprint density at radius 3 is 3.12 bits per heavy atom. The van der Waals surface area contributed by atoms with E-state index >= 15 is 0 Å². The normalized spacial score (nSPS) is 22.6. The van der Waals surface area contributed by atoms with Crippen LogP contribution in [-0.4, -0.2) is 24.2 Å². The number of rotatable bonds is 5. The summed E-state index contributed by atoms with van der Waals surface area (Å²) in [6.07, 6.45) is 6.60. The molecule has 0 radical (unpaired) electrons. The maximum atomic E-state index is 5.75. The van der Waals surface area contributed by atoms with Crippen LogP contribution in [0.25, 0.3) is 0 Å². The first kappa shape index (κ1) is 12.6. The fourth-order valence-corrected chi connectivity index (χ4v) is 2.20. The van der Waals surface area contributed by atoms with E-state index in [1.807, 2.05) is 6.20 Å². The lowest BCUT2D eigenvalue weighted by Gasteiger charge is -2.21. The lowest BCUT2D eigenvalue weighted by molar-refractivity contribution is 0.0137. The molecule has 0 saturated carbocycles. The van der Waals surface area contributed by atoms with Crippen LogP contribution < -0.4 is 5.32 Å². The van der Waals surface area contributed by atoms with Gasteiger partial charge in [-0.05, 0) is 32.7 Å². The molecule has 4 nitrogen and oxygen atoms in total. The predicted molar refractivity (Wildman–Crippen MR) is 65.9 cm³/mol. The van der Waals surface area contributed by atoms with E-state index in [2.05, 4.69) is 24.1 Å². The van der Waals surface area contributed by atoms with Crippen LogP contribution in [0.3, 0.4) is 0 Å². The van der Waals surface area contributed by atoms with Crippen LogP contribution >= 0.6 is 0 Å². The summed E-state index contributed by atoms with van der Waals surface area (Å²) >= 11 is 0. The molecule has 1 saturated heterocycles. The summed E-state index contributed by atoms with van der Waals surface area (Å²) in [5.41, 5.74) is 0. The van der Waals surface area contributed by atoms with Gasteiger partial charge in [-0.15, -0.1) is 0 Å². The molecular weight excluding hydrogens is 216 g/mol. The minimum absolute atomic E-state index is 0.182. The van der Waals surface area contributed by atoms with E-state index in [9.17, 15) is 0 Å². The smallest absolute Gasteiger partial charge is 0.211 e. The average Bonchev–Trinajstić information content (AvgIpc) is 2.79. The summed E-state index contributed by atoms with van der Waals surface area (Å²) in [4.78, 5) is 4.32. The zero-order chi connectivity index (χ0) is 12.1. The van der Waals surface area contributed by atoms with Crippen LogP contribution in [0.5, 0.6) is 0 Å². The van der Waals surface area contributed by atoms with Crippen molar-refractivity contribution in [1.82, 2.24) is 10.3 Å². The second kappa shape index (κ2) is 6.17. The van der Waals surface area contributed by atoms with Crippen LogP contribution in [0.1, 0.15) is 50.8 Å². The van der Waals surface area contributed by atoms with Crippen molar-refractivity contribution in [2.45, 2.75) is 51.7 Å². The largest absolute Gasteiger partial charge is 0.444 e. The molecular formula is C13H22N2O2. The van der Waals surface area contributed by atoms with Gasteiger partial charge in [-0.25, -0.2) is 4.98 Å². The lowest BCUT2D eigenvalue weighted by Crippen LogP contribution is -2.21. The second-order valence-electron chi connectivity index (χ2n) is 4.64. The molecule has 2 heterocycles. The molecule has 4 heteroatoms. The van der Waals surface area contributed by atoms with Gasteiger partial charge in [0.05, 0.1) is 18.3 Å². The van der Waals surface area contributed by atoms with Crippen molar-refractivity contribution in [3.63, 3.8) is 0 Å². The monoisotopic (exact) mass is 238 g/mol. The fraction of sp³-hybridized carbons (Fsp3) is 0.769. The first-order valence-electron chi connectivity index (χ1n) is 6.59. The second-order valence-corrected chi connectivity index (χ2v) is 4.64. The summed E-state index contributed by atoms with van der Waals surface area (Å²) in [5, 5.41) is 3.29. The number of aromatic nitrogens is 1. The van der Waals surface area contributed by atoms with Crippen molar-refractivity contribution in [2.24, 2.45) is 0 Å². The summed E-state index contributed by atoms with van der Waals surface area (Å²) in [6.45, 7) is 5.95. The summed E-state index contributed by atoms with van der Waals surface area (Å²) < 4.78 is 11.4. The van der Waals surface area contributed by atoms with Crippen molar-refractivity contribution in [1.29, 1.82) is 0 Å². The molecule has 1 aromatic heterocycles. The molecule has 1 aliphatic rings. The van der Waals surface area contributed by atoms with Gasteiger partial charge >= 0.3 is 0 Å². The number of oxazole rings is 1. The molecule has 0 bridgehead atoms. The first-order valence-corrected chi connectivity index (χ1v) is 6.59. The van der Waals surface area contributed by atoms with E-state index in [1.165, 1.54) is 12.8 Å². The van der Waals surface area contributed by atoms with Gasteiger partial charge in [-0.3, -0.25) is 0 Å². The van der Waals surface area contributed by atoms with Crippen LogP contribution in [-0.2, 0) is 11.2 Å². The topological polar surface area (TPSA) is 47.3 Å². The number of nitrogens with one attached hydrogen (secondary N) is 1. The Hall–Kier alpha value is -0.870. The fourth-order valence-electron chi connectivity index (χ4n) is 2.20. The Morgan fingerprint density at radius 1 is 1.53 bits per heavy atom. The van der Waals surface area contributed by atoms with Crippen molar-refractivity contribution in [2.75, 3.05) is 13.2 Å². The molecule has 0 spiro atoms. The Balaban J connectivity index is 1.88. The van der Waals surface area contributed by atoms with Gasteiger partial charge in [0.2, 0.25) is 5.89 Å². The maximum Gasteiger partial charge on any atom is 0.211 e. The molecule has 1 aliphatic heterocycles. The minimum atomic E-state index is 0.182. The maximum absolute atomic E-state index is 5.75. The Kier molecular flexibility index (Phi) is 4.57. The van der Waals surface area contributed by atoms with Gasteiger partial charge in [0.25, 0.3) is 0 Å². The molecule has 1 aromatic rings. The number of hydrogen-bond donors (Lipinski definition) is 1. The highest BCUT2D eigenvalue weighted by Crippen LogP contribution is 2.19. The van der Waals surface area contributed by atoms with Gasteiger partial charge in [0.15, 0.2) is 0 Å². The Morgan fingerprint density at radius 2 is 2.41 bits per heavy atom. The van der Waals surface area contributed by atoms with Crippen LogP contribution in [0.2, 0.25) is 0 Å². The zero-order valence-corrected chi connectivity index (χ0v) is 10.7. The van der Waals surface area contributed by atoms with Crippen LogP contribution in [0.15, 0.2) is 10.6 Å². The van der Waals surface area contributed by atoms with Crippen molar-refractivity contribution in [3.05, 3.63) is 17.8 Å². The van der Waals surface area contributed by atoms with E-state index in [1.54, 1.807) is 0 Å². The standard InChI is InChI=1S/C13H22N2O2/c1-3-14-10(2)13-15-9-12(17-13)8-11-6-4-5-7-16-11/h9-11,14H,3-8H2,1-2H3. The molecule has 1 N–H and O–H groups in total. The molecule has 2 atom stereocenters. The molecule has 1 fully saturated rings. The molecule has 2 unspecified atom stereocenters. The highest BCUT2D eigenvalue weighted by molar-refractivity contribution is 4.99. The highest BCUT2D eigenvalue weighted by atomic mass is 16.5. The Labute approximate surface area is 103 Å². The van der Waals surface area contributed by atoms with Crippen molar-refractivity contribution >= 4 is 0 Å². The average molecular weight is 238 g/mol. The van der Waals surface area contributed by atoms with Crippen molar-refractivity contribution < 1.29 is 9.15 Å². The third-order valence-electron chi connectivity index (χ3n) is 3.16. The lowest BCUT2D eigenvalue weighted by atomic mass is 10.1. The minimum Gasteiger partial charge on any atom is -0.444 e. The number of nitrogens with zero attached hydrogens (tertiary/aromatic N) is 1. The van der Waals surface area contributed by atoms with Gasteiger partial charge in [0, 0.05) is 13.0 Å². The van der Waals surface area contributed by atoms with Crippen LogP contribution in [0, 0.1) is 0 Å². The number of hydrogen-bond acceptors (Lipinski definition) is 4. The highest BCUT2D eigenvalue weighted by Gasteiger charge is 2.18. The molecule has 0 amide bonds. The molecule has 2 rings (SSSR count). The summed E-state index contributed by atoms with van der Waals surface area (Å²) in [7, 11) is 0. The SMILES string of the molecule is CCNC(C)c1ncc(CC2CCCCO2)o1. The van der Waals surface area contributed by atoms with E-state index in [4.69, 9.17) is 9.15 Å². The summed E-state index contributed by atoms with van der Waals surface area (Å²) in [6, 6.07) is 0.182. The molecule has 0 aliphatic carbocycles. The quantitative estimate of drug-likeness (QED) is 0.856. The van der Waals surface area contributed by atoms with Crippen LogP contribution in [0.4, 0.5) is 0 Å². The Bertz CT molecular complexity index is 332. The van der Waals surface area contributed by atoms with Gasteiger partial charge in [-0.1, -0.05) is 6.92 Å². The van der Waals surface area contributed by atoms with E-state index in [-0.39, 0.29) is 6.04 Å². The number of ether oxygens (including phenoxy) is 1. The van der Waals surface area contributed by atoms with Gasteiger partial charge < -0.3 is 14.5 Å². The zero-order valence-electron chi connectivity index (χ0n) is 10.7. The van der Waals surface area contributed by atoms with Crippen molar-refractivity contribution in [3.8, 4) is 0 Å². The predicted octanol–water partition coefficient (Wildman–Crippen LogP) is 2.46. The van der Waals surface area contributed by atoms with Gasteiger partial charge in [-0.2, -0.15) is 0 Å². The van der Waals surface area contributed by atoms with Gasteiger partial charge in [0.1, 0.15) is 5.76 Å². The third-order valence-corrected chi connectivity index (χ3v) is 3.16. The summed E-state index contributed by atoms with van der Waals surface area (Å²) in [5.74, 6) is 1.72. The third kappa shape index (κ3) is 3.54. The van der Waals surface area contributed by atoms with E-state index in [0.29, 0.717) is 6.10 Å². The first-order chi connectivity index (χ1) is 8.29. The van der Waals surface area contributed by atoms with E-state index in [0.717, 1.165) is 37.6 Å². The molecule has 17 heavy (non-hydrogen) atoms.